The molecule has 2 aromatic carbocycles. The molecule has 1 aromatic heterocycles. The summed E-state index contributed by atoms with van der Waals surface area (Å²) in [6, 6.07) is 2.37. The summed E-state index contributed by atoms with van der Waals surface area (Å²) in [5, 5.41) is 52.1. The summed E-state index contributed by atoms with van der Waals surface area (Å²) >= 11 is 0. The highest BCUT2D eigenvalue weighted by molar-refractivity contribution is 5.96. The minimum atomic E-state index is -1.64. The number of aliphatic hydroxyl groups excluding tert-OH is 1. The Morgan fingerprint density at radius 2 is 1.86 bits per heavy atom. The molecule has 0 spiro atoms. The van der Waals surface area contributed by atoms with Gasteiger partial charge in [0.2, 0.25) is 0 Å². The smallest absolute Gasteiger partial charge is 0.200 e. The molecule has 1 aliphatic carbocycles. The van der Waals surface area contributed by atoms with E-state index in [1.54, 1.807) is 0 Å². The lowest BCUT2D eigenvalue weighted by atomic mass is 9.74. The number of methoxy groups -OCH3 is 1. The SMILES string of the molecule is COc1cc(O)c2c3c1-c1oc4c(/C=C(/O)C(C)(C)O)c(O)cc(O)c4c(=O)c1C[C@H]3C(C)(C)O2. The standard InChI is InChI=1S/C26H26O9/c1-25(2,32)17(30)7-10-13(27)8-14(28)19-21(31)11-6-12-18-20(23(11)34-22(10)19)16(33-5)9-15(29)24(18)35-26(12,3)4/h7-9,12,27-30,32H,6H2,1-5H3/b17-7+/t12-/m1/s1. The minimum Gasteiger partial charge on any atom is -0.509 e. The van der Waals surface area contributed by atoms with Gasteiger partial charge in [0.15, 0.2) is 22.5 Å². The van der Waals surface area contributed by atoms with Gasteiger partial charge in [0.05, 0.1) is 18.2 Å². The Morgan fingerprint density at radius 1 is 1.17 bits per heavy atom. The van der Waals surface area contributed by atoms with Crippen LogP contribution in [-0.2, 0) is 6.42 Å². The van der Waals surface area contributed by atoms with Crippen LogP contribution < -0.4 is 14.9 Å². The molecule has 0 unspecified atom stereocenters. The average molecular weight is 482 g/mol. The molecule has 9 nitrogen and oxygen atoms in total. The topological polar surface area (TPSA) is 150 Å². The molecule has 0 fully saturated rings. The van der Waals surface area contributed by atoms with Crippen molar-refractivity contribution in [3.63, 3.8) is 0 Å². The van der Waals surface area contributed by atoms with E-state index in [0.29, 0.717) is 11.1 Å². The predicted molar refractivity (Wildman–Crippen MR) is 128 cm³/mol. The van der Waals surface area contributed by atoms with Gasteiger partial charge in [0.1, 0.15) is 45.4 Å². The number of hydrogen-bond donors (Lipinski definition) is 5. The van der Waals surface area contributed by atoms with Crippen molar-refractivity contribution in [2.45, 2.75) is 51.2 Å². The van der Waals surface area contributed by atoms with Crippen molar-refractivity contribution in [1.29, 1.82) is 0 Å². The molecule has 3 aromatic rings. The normalized spacial score (nSPS) is 18.2. The summed E-state index contributed by atoms with van der Waals surface area (Å²) in [5.41, 5.74) is -1.81. The number of fused-ring (bicyclic) bond motifs is 3. The summed E-state index contributed by atoms with van der Waals surface area (Å²) in [6.45, 7) is 6.42. The number of hydrogen-bond acceptors (Lipinski definition) is 9. The van der Waals surface area contributed by atoms with Crippen LogP contribution >= 0.6 is 0 Å². The molecule has 1 aliphatic heterocycles. The molecule has 1 atom stereocenters. The zero-order valence-electron chi connectivity index (χ0n) is 19.9. The van der Waals surface area contributed by atoms with Crippen LogP contribution in [-0.4, -0.2) is 43.8 Å². The van der Waals surface area contributed by atoms with E-state index in [4.69, 9.17) is 13.9 Å². The van der Waals surface area contributed by atoms with E-state index in [1.807, 2.05) is 13.8 Å². The lowest BCUT2D eigenvalue weighted by molar-refractivity contribution is 0.0733. The fourth-order valence-electron chi connectivity index (χ4n) is 4.94. The van der Waals surface area contributed by atoms with Gasteiger partial charge in [-0.1, -0.05) is 0 Å². The zero-order chi connectivity index (χ0) is 25.6. The van der Waals surface area contributed by atoms with Crippen LogP contribution in [0.2, 0.25) is 0 Å². The first-order valence-electron chi connectivity index (χ1n) is 11.1. The number of phenols is 3. The molecule has 9 heteroatoms. The second-order valence-electron chi connectivity index (χ2n) is 10.0. The zero-order valence-corrected chi connectivity index (χ0v) is 19.9. The van der Waals surface area contributed by atoms with Crippen molar-refractivity contribution in [2.75, 3.05) is 7.11 Å². The van der Waals surface area contributed by atoms with Crippen LogP contribution in [0.3, 0.4) is 0 Å². The highest BCUT2D eigenvalue weighted by atomic mass is 16.5. The highest BCUT2D eigenvalue weighted by Gasteiger charge is 2.49. The Balaban J connectivity index is 1.93. The van der Waals surface area contributed by atoms with Gasteiger partial charge in [0, 0.05) is 29.2 Å². The van der Waals surface area contributed by atoms with Crippen LogP contribution in [0.5, 0.6) is 28.7 Å². The van der Waals surface area contributed by atoms with Crippen molar-refractivity contribution >= 4 is 17.0 Å². The molecule has 0 saturated carbocycles. The molecule has 0 saturated heterocycles. The van der Waals surface area contributed by atoms with Crippen LogP contribution in [0.25, 0.3) is 28.4 Å². The number of phenolic OH excluding ortho intramolecular Hbond substituents is 3. The first-order chi connectivity index (χ1) is 16.3. The summed E-state index contributed by atoms with van der Waals surface area (Å²) in [6.07, 6.45) is 1.30. The van der Waals surface area contributed by atoms with E-state index in [9.17, 15) is 30.3 Å². The van der Waals surface area contributed by atoms with Gasteiger partial charge < -0.3 is 39.4 Å². The maximum absolute atomic E-state index is 13.7. The van der Waals surface area contributed by atoms with E-state index in [-0.39, 0.29) is 57.4 Å². The Hall–Kier alpha value is -3.85. The molecule has 0 bridgehead atoms. The molecular weight excluding hydrogens is 456 g/mol. The number of rotatable bonds is 3. The predicted octanol–water partition coefficient (Wildman–Crippen LogP) is 4.07. The Bertz CT molecular complexity index is 1500. The fraction of sp³-hybridized carbons (Fsp3) is 0.346. The van der Waals surface area contributed by atoms with Gasteiger partial charge in [-0.3, -0.25) is 4.79 Å². The number of aliphatic hydroxyl groups is 2. The summed E-state index contributed by atoms with van der Waals surface area (Å²) in [7, 11) is 1.42. The van der Waals surface area contributed by atoms with E-state index in [1.165, 1.54) is 27.0 Å². The summed E-state index contributed by atoms with van der Waals surface area (Å²) in [4.78, 5) is 13.7. The molecule has 2 aliphatic rings. The van der Waals surface area contributed by atoms with Crippen molar-refractivity contribution in [1.82, 2.24) is 0 Å². The first-order valence-corrected chi connectivity index (χ1v) is 11.1. The molecule has 35 heavy (non-hydrogen) atoms. The highest BCUT2D eigenvalue weighted by Crippen LogP contribution is 2.59. The second-order valence-corrected chi connectivity index (χ2v) is 10.0. The van der Waals surface area contributed by atoms with Gasteiger partial charge in [-0.2, -0.15) is 0 Å². The number of benzene rings is 2. The molecule has 0 radical (unpaired) electrons. The van der Waals surface area contributed by atoms with E-state index in [0.717, 1.165) is 12.1 Å². The Labute approximate surface area is 200 Å². The lowest BCUT2D eigenvalue weighted by Crippen LogP contribution is -2.34. The third kappa shape index (κ3) is 3.15. The summed E-state index contributed by atoms with van der Waals surface area (Å²) in [5.74, 6) is -1.15. The molecule has 5 N–H and O–H groups in total. The van der Waals surface area contributed by atoms with Crippen molar-refractivity contribution in [3.8, 4) is 40.1 Å². The molecule has 0 amide bonds. The Kier molecular flexibility index (Phi) is 4.64. The van der Waals surface area contributed by atoms with Gasteiger partial charge in [-0.25, -0.2) is 0 Å². The number of aromatic hydroxyl groups is 3. The minimum absolute atomic E-state index is 0.0922. The lowest BCUT2D eigenvalue weighted by Gasteiger charge is -2.30. The van der Waals surface area contributed by atoms with Gasteiger partial charge >= 0.3 is 0 Å². The van der Waals surface area contributed by atoms with Gasteiger partial charge in [0.25, 0.3) is 0 Å². The third-order valence-electron chi connectivity index (χ3n) is 6.83. The van der Waals surface area contributed by atoms with E-state index < -0.39 is 33.9 Å². The maximum Gasteiger partial charge on any atom is 0.200 e. The van der Waals surface area contributed by atoms with Crippen LogP contribution in [0.4, 0.5) is 0 Å². The third-order valence-corrected chi connectivity index (χ3v) is 6.83. The largest absolute Gasteiger partial charge is 0.509 e. The number of ether oxygens (including phenoxy) is 2. The van der Waals surface area contributed by atoms with Crippen LogP contribution in [0, 0.1) is 0 Å². The van der Waals surface area contributed by atoms with Crippen molar-refractivity contribution < 1.29 is 39.4 Å². The maximum atomic E-state index is 13.7. The molecule has 2 heterocycles. The Morgan fingerprint density at radius 3 is 2.49 bits per heavy atom. The van der Waals surface area contributed by atoms with Crippen LogP contribution in [0.1, 0.15) is 50.3 Å². The molecular formula is C26H26O9. The fourth-order valence-corrected chi connectivity index (χ4v) is 4.94. The van der Waals surface area contributed by atoms with Crippen molar-refractivity contribution in [2.24, 2.45) is 0 Å². The van der Waals surface area contributed by atoms with Crippen LogP contribution in [0.15, 0.2) is 27.1 Å². The monoisotopic (exact) mass is 482 g/mol. The first kappa shape index (κ1) is 22.9. The van der Waals surface area contributed by atoms with E-state index in [2.05, 4.69) is 0 Å². The molecule has 5 rings (SSSR count). The summed E-state index contributed by atoms with van der Waals surface area (Å²) < 4.78 is 17.8. The van der Waals surface area contributed by atoms with E-state index >= 15 is 0 Å². The second kappa shape index (κ2) is 7.08. The van der Waals surface area contributed by atoms with Crippen molar-refractivity contribution in [3.05, 3.63) is 44.8 Å². The average Bonchev–Trinajstić information content (AvgIpc) is 3.03. The quantitative estimate of drug-likeness (QED) is 0.348. The van der Waals surface area contributed by atoms with Gasteiger partial charge in [-0.05, 0) is 40.2 Å². The van der Waals surface area contributed by atoms with Gasteiger partial charge in [-0.15, -0.1) is 0 Å². The molecule has 184 valence electrons.